The lowest BCUT2D eigenvalue weighted by atomic mass is 10.1. The van der Waals surface area contributed by atoms with Crippen LogP contribution in [0.5, 0.6) is 5.75 Å². The maximum atomic E-state index is 12.8. The predicted molar refractivity (Wildman–Crippen MR) is 132 cm³/mol. The Bertz CT molecular complexity index is 1310. The van der Waals surface area contributed by atoms with E-state index < -0.39 is 0 Å². The second-order valence-corrected chi connectivity index (χ2v) is 8.51. The van der Waals surface area contributed by atoms with Crippen molar-refractivity contribution in [3.05, 3.63) is 95.4 Å². The molecule has 0 aliphatic rings. The standard InChI is InChI=1S/C27H28N4O3/c1-18(2)26(32)30-21-11-9-20(10-12-21)14-28-27(33)23-6-4-5-7-24(23)34-17-22-16-31-15-19(3)8-13-25(31)29-22/h4-13,15-16,18H,14,17H2,1-3H3,(H,28,33)(H,30,32). The Morgan fingerprint density at radius 2 is 1.76 bits per heavy atom. The molecule has 0 fully saturated rings. The number of nitrogens with zero attached hydrogens (tertiary/aromatic N) is 2. The molecule has 34 heavy (non-hydrogen) atoms. The van der Waals surface area contributed by atoms with Crippen molar-refractivity contribution in [2.75, 3.05) is 5.32 Å². The molecule has 2 N–H and O–H groups in total. The molecule has 0 spiro atoms. The van der Waals surface area contributed by atoms with Gasteiger partial charge >= 0.3 is 0 Å². The Labute approximate surface area is 198 Å². The molecule has 7 nitrogen and oxygen atoms in total. The second-order valence-electron chi connectivity index (χ2n) is 8.51. The summed E-state index contributed by atoms with van der Waals surface area (Å²) in [5, 5.41) is 5.79. The van der Waals surface area contributed by atoms with Crippen LogP contribution < -0.4 is 15.4 Å². The Morgan fingerprint density at radius 3 is 2.53 bits per heavy atom. The second kappa shape index (κ2) is 10.2. The number of fused-ring (bicyclic) bond motifs is 1. The van der Waals surface area contributed by atoms with E-state index in [1.807, 2.05) is 86.1 Å². The number of ether oxygens (including phenoxy) is 1. The molecule has 0 aliphatic carbocycles. The molecular weight excluding hydrogens is 428 g/mol. The van der Waals surface area contributed by atoms with E-state index in [1.54, 1.807) is 12.1 Å². The number of carbonyl (C=O) groups excluding carboxylic acids is 2. The van der Waals surface area contributed by atoms with Crippen LogP contribution in [0.1, 0.15) is 41.0 Å². The lowest BCUT2D eigenvalue weighted by Gasteiger charge is -2.12. The number of carbonyl (C=O) groups is 2. The fraction of sp³-hybridized carbons (Fsp3) is 0.222. The number of hydrogen-bond donors (Lipinski definition) is 2. The van der Waals surface area contributed by atoms with Gasteiger partial charge in [-0.25, -0.2) is 4.98 Å². The molecule has 174 valence electrons. The summed E-state index contributed by atoms with van der Waals surface area (Å²) in [4.78, 5) is 29.2. The smallest absolute Gasteiger partial charge is 0.255 e. The van der Waals surface area contributed by atoms with Crippen LogP contribution in [0.3, 0.4) is 0 Å². The summed E-state index contributed by atoms with van der Waals surface area (Å²) < 4.78 is 7.92. The summed E-state index contributed by atoms with van der Waals surface area (Å²) in [6.45, 7) is 6.34. The number of aryl methyl sites for hydroxylation is 1. The van der Waals surface area contributed by atoms with Gasteiger partial charge < -0.3 is 19.8 Å². The number of aromatic nitrogens is 2. The molecule has 4 aromatic rings. The van der Waals surface area contributed by atoms with E-state index in [1.165, 1.54) is 0 Å². The first kappa shape index (κ1) is 23.0. The summed E-state index contributed by atoms with van der Waals surface area (Å²) >= 11 is 0. The van der Waals surface area contributed by atoms with Gasteiger partial charge in [0.2, 0.25) is 5.91 Å². The molecule has 0 saturated heterocycles. The topological polar surface area (TPSA) is 84.7 Å². The van der Waals surface area contributed by atoms with Crippen LogP contribution in [0.15, 0.2) is 73.1 Å². The van der Waals surface area contributed by atoms with Crippen LogP contribution in [0.2, 0.25) is 0 Å². The molecule has 0 aliphatic heterocycles. The largest absolute Gasteiger partial charge is 0.486 e. The van der Waals surface area contributed by atoms with E-state index in [9.17, 15) is 9.59 Å². The SMILES string of the molecule is Cc1ccc2nc(COc3ccccc3C(=O)NCc3ccc(NC(=O)C(C)C)cc3)cn2c1. The third-order valence-corrected chi connectivity index (χ3v) is 5.35. The quantitative estimate of drug-likeness (QED) is 0.401. The van der Waals surface area contributed by atoms with E-state index in [0.29, 0.717) is 17.9 Å². The number of amides is 2. The molecule has 2 heterocycles. The van der Waals surface area contributed by atoms with Crippen molar-refractivity contribution in [1.29, 1.82) is 0 Å². The molecule has 2 aromatic heterocycles. The Morgan fingerprint density at radius 1 is 1.00 bits per heavy atom. The van der Waals surface area contributed by atoms with E-state index in [2.05, 4.69) is 15.6 Å². The van der Waals surface area contributed by atoms with Crippen molar-refractivity contribution in [2.45, 2.75) is 33.9 Å². The van der Waals surface area contributed by atoms with Gasteiger partial charge in [-0.1, -0.05) is 44.2 Å². The number of pyridine rings is 1. The number of nitrogens with one attached hydrogen (secondary N) is 2. The third kappa shape index (κ3) is 5.61. The first-order valence-electron chi connectivity index (χ1n) is 11.2. The molecule has 0 atom stereocenters. The van der Waals surface area contributed by atoms with Crippen molar-refractivity contribution in [1.82, 2.24) is 14.7 Å². The zero-order valence-electron chi connectivity index (χ0n) is 19.5. The van der Waals surface area contributed by atoms with E-state index in [0.717, 1.165) is 28.2 Å². The average Bonchev–Trinajstić information content (AvgIpc) is 3.24. The highest BCUT2D eigenvalue weighted by Crippen LogP contribution is 2.20. The zero-order valence-corrected chi connectivity index (χ0v) is 19.5. The minimum Gasteiger partial charge on any atom is -0.486 e. The van der Waals surface area contributed by atoms with Crippen molar-refractivity contribution >= 4 is 23.1 Å². The Hall–Kier alpha value is -4.13. The normalized spacial score (nSPS) is 10.9. The van der Waals surface area contributed by atoms with Gasteiger partial charge in [-0.3, -0.25) is 9.59 Å². The van der Waals surface area contributed by atoms with E-state index in [-0.39, 0.29) is 24.3 Å². The maximum absolute atomic E-state index is 12.8. The molecule has 0 saturated carbocycles. The fourth-order valence-corrected chi connectivity index (χ4v) is 3.43. The highest BCUT2D eigenvalue weighted by molar-refractivity contribution is 5.97. The van der Waals surface area contributed by atoms with Gasteiger partial charge in [-0.2, -0.15) is 0 Å². The Balaban J connectivity index is 1.37. The van der Waals surface area contributed by atoms with Gasteiger partial charge in [0.05, 0.1) is 11.3 Å². The number of anilines is 1. The number of rotatable bonds is 8. The van der Waals surface area contributed by atoms with Crippen molar-refractivity contribution in [3.8, 4) is 5.75 Å². The van der Waals surface area contributed by atoms with Crippen LogP contribution in [0.4, 0.5) is 5.69 Å². The van der Waals surface area contributed by atoms with Crippen LogP contribution in [0.25, 0.3) is 5.65 Å². The summed E-state index contributed by atoms with van der Waals surface area (Å²) in [5.41, 5.74) is 4.90. The summed E-state index contributed by atoms with van der Waals surface area (Å²) in [6.07, 6.45) is 3.94. The lowest BCUT2D eigenvalue weighted by molar-refractivity contribution is -0.118. The van der Waals surface area contributed by atoms with Crippen molar-refractivity contribution in [3.63, 3.8) is 0 Å². The molecular formula is C27H28N4O3. The summed E-state index contributed by atoms with van der Waals surface area (Å²) in [6, 6.07) is 18.6. The fourth-order valence-electron chi connectivity index (χ4n) is 3.43. The van der Waals surface area contributed by atoms with Crippen molar-refractivity contribution < 1.29 is 14.3 Å². The van der Waals surface area contributed by atoms with Crippen LogP contribution >= 0.6 is 0 Å². The Kier molecular flexibility index (Phi) is 6.92. The summed E-state index contributed by atoms with van der Waals surface area (Å²) in [5.74, 6) is 0.160. The molecule has 2 aromatic carbocycles. The molecule has 0 radical (unpaired) electrons. The first-order chi connectivity index (χ1) is 16.4. The van der Waals surface area contributed by atoms with E-state index in [4.69, 9.17) is 4.74 Å². The lowest BCUT2D eigenvalue weighted by Crippen LogP contribution is -2.23. The average molecular weight is 457 g/mol. The minimum absolute atomic E-state index is 0.0311. The maximum Gasteiger partial charge on any atom is 0.255 e. The molecule has 7 heteroatoms. The third-order valence-electron chi connectivity index (χ3n) is 5.35. The van der Waals surface area contributed by atoms with Gasteiger partial charge in [0.15, 0.2) is 0 Å². The minimum atomic E-state index is -0.224. The predicted octanol–water partition coefficient (Wildman–Crippen LogP) is 4.75. The molecule has 4 rings (SSSR count). The van der Waals surface area contributed by atoms with Crippen LogP contribution in [-0.4, -0.2) is 21.2 Å². The number of imidazole rings is 1. The number of hydrogen-bond acceptors (Lipinski definition) is 4. The van der Waals surface area contributed by atoms with Crippen LogP contribution in [0, 0.1) is 12.8 Å². The highest BCUT2D eigenvalue weighted by atomic mass is 16.5. The zero-order chi connectivity index (χ0) is 24.1. The van der Waals surface area contributed by atoms with Gasteiger partial charge in [0, 0.05) is 30.5 Å². The van der Waals surface area contributed by atoms with Crippen molar-refractivity contribution in [2.24, 2.45) is 5.92 Å². The van der Waals surface area contributed by atoms with Gasteiger partial charge in [-0.15, -0.1) is 0 Å². The van der Waals surface area contributed by atoms with E-state index >= 15 is 0 Å². The number of para-hydroxylation sites is 1. The molecule has 2 amide bonds. The monoisotopic (exact) mass is 456 g/mol. The highest BCUT2D eigenvalue weighted by Gasteiger charge is 2.13. The van der Waals surface area contributed by atoms with Gasteiger partial charge in [-0.05, 0) is 48.4 Å². The van der Waals surface area contributed by atoms with Crippen LogP contribution in [-0.2, 0) is 17.9 Å². The molecule has 0 bridgehead atoms. The van der Waals surface area contributed by atoms with Gasteiger partial charge in [0.1, 0.15) is 18.0 Å². The van der Waals surface area contributed by atoms with Gasteiger partial charge in [0.25, 0.3) is 5.91 Å². The molecule has 0 unspecified atom stereocenters. The first-order valence-corrected chi connectivity index (χ1v) is 11.2. The number of benzene rings is 2. The summed E-state index contributed by atoms with van der Waals surface area (Å²) in [7, 11) is 0.